The normalized spacial score (nSPS) is 18.1. The van der Waals surface area contributed by atoms with E-state index in [9.17, 15) is 0 Å². The summed E-state index contributed by atoms with van der Waals surface area (Å²) in [6, 6.07) is 0. The molecule has 0 aromatic carbocycles. The highest BCUT2D eigenvalue weighted by atomic mass is 35.5. The molecular formula is C7H6ClN. The molecule has 9 heavy (non-hydrogen) atoms. The second kappa shape index (κ2) is 2.19. The summed E-state index contributed by atoms with van der Waals surface area (Å²) in [5, 5.41) is 7.83. The third kappa shape index (κ3) is 1.30. The third-order valence-corrected chi connectivity index (χ3v) is 1.30. The fourth-order valence-corrected chi connectivity index (χ4v) is 0.757. The Balaban J connectivity index is 2.95. The molecule has 2 heteroatoms. The van der Waals surface area contributed by atoms with E-state index in [0.29, 0.717) is 16.3 Å². The maximum absolute atomic E-state index is 7.20. The third-order valence-electron chi connectivity index (χ3n) is 1.07. The molecule has 1 rings (SSSR count). The molecule has 1 N–H and O–H groups in total. The molecule has 0 aromatic rings. The van der Waals surface area contributed by atoms with Gasteiger partial charge in [0.1, 0.15) is 0 Å². The second-order valence-electron chi connectivity index (χ2n) is 1.80. The Morgan fingerprint density at radius 3 is 2.56 bits per heavy atom. The van der Waals surface area contributed by atoms with E-state index in [-0.39, 0.29) is 0 Å². The zero-order chi connectivity index (χ0) is 6.85. The predicted molar refractivity (Wildman–Crippen MR) is 39.9 cm³/mol. The summed E-state index contributed by atoms with van der Waals surface area (Å²) in [6.45, 7) is 3.61. The maximum atomic E-state index is 7.20. The van der Waals surface area contributed by atoms with E-state index in [0.717, 1.165) is 0 Å². The van der Waals surface area contributed by atoms with E-state index in [1.54, 1.807) is 18.2 Å². The van der Waals surface area contributed by atoms with E-state index in [1.165, 1.54) is 0 Å². The summed E-state index contributed by atoms with van der Waals surface area (Å²) in [5.74, 6) is 0. The average molecular weight is 140 g/mol. The Morgan fingerprint density at radius 1 is 1.44 bits per heavy atom. The standard InChI is InChI=1S/C7H6ClN/c1-5-4-6(8)2-3-7(5)9/h2-4,9H,1H2. The summed E-state index contributed by atoms with van der Waals surface area (Å²) in [4.78, 5) is 0. The van der Waals surface area contributed by atoms with Crippen molar-refractivity contribution in [2.75, 3.05) is 0 Å². The Bertz CT molecular complexity index is 223. The number of allylic oxidation sites excluding steroid dienone is 5. The van der Waals surface area contributed by atoms with Crippen LogP contribution in [0, 0.1) is 5.41 Å². The van der Waals surface area contributed by atoms with Gasteiger partial charge in [0.15, 0.2) is 0 Å². The van der Waals surface area contributed by atoms with Gasteiger partial charge in [-0.2, -0.15) is 0 Å². The van der Waals surface area contributed by atoms with Gasteiger partial charge in [-0.05, 0) is 23.8 Å². The number of rotatable bonds is 0. The highest BCUT2D eigenvalue weighted by molar-refractivity contribution is 6.33. The molecule has 0 heterocycles. The van der Waals surface area contributed by atoms with Gasteiger partial charge in [-0.15, -0.1) is 0 Å². The Hall–Kier alpha value is -0.820. The van der Waals surface area contributed by atoms with Crippen molar-refractivity contribution in [3.63, 3.8) is 0 Å². The van der Waals surface area contributed by atoms with Gasteiger partial charge < -0.3 is 5.41 Å². The number of nitrogens with one attached hydrogen (secondary N) is 1. The summed E-state index contributed by atoms with van der Waals surface area (Å²) < 4.78 is 0. The molecule has 0 saturated heterocycles. The van der Waals surface area contributed by atoms with Crippen LogP contribution in [0.5, 0.6) is 0 Å². The fourth-order valence-electron chi connectivity index (χ4n) is 0.562. The van der Waals surface area contributed by atoms with Crippen LogP contribution in [0.3, 0.4) is 0 Å². The smallest absolute Gasteiger partial charge is 0.0607 e. The summed E-state index contributed by atoms with van der Waals surface area (Å²) in [7, 11) is 0. The van der Waals surface area contributed by atoms with Crippen molar-refractivity contribution in [2.45, 2.75) is 0 Å². The van der Waals surface area contributed by atoms with Crippen molar-refractivity contribution < 1.29 is 0 Å². The molecule has 0 saturated carbocycles. The van der Waals surface area contributed by atoms with Crippen molar-refractivity contribution >= 4 is 17.3 Å². The van der Waals surface area contributed by atoms with Gasteiger partial charge in [0, 0.05) is 5.03 Å². The summed E-state index contributed by atoms with van der Waals surface area (Å²) in [5.41, 5.74) is 1.10. The summed E-state index contributed by atoms with van der Waals surface area (Å²) in [6.07, 6.45) is 4.98. The lowest BCUT2D eigenvalue weighted by atomic mass is 10.1. The van der Waals surface area contributed by atoms with Gasteiger partial charge in [0.2, 0.25) is 0 Å². The highest BCUT2D eigenvalue weighted by Gasteiger charge is 2.00. The molecular weight excluding hydrogens is 134 g/mol. The van der Waals surface area contributed by atoms with Crippen molar-refractivity contribution in [1.29, 1.82) is 5.41 Å². The lowest BCUT2D eigenvalue weighted by Crippen LogP contribution is -1.96. The Kier molecular flexibility index (Phi) is 1.54. The van der Waals surface area contributed by atoms with E-state index >= 15 is 0 Å². The van der Waals surface area contributed by atoms with Crippen molar-refractivity contribution in [2.24, 2.45) is 0 Å². The van der Waals surface area contributed by atoms with Crippen LogP contribution in [0.25, 0.3) is 0 Å². The molecule has 1 aliphatic carbocycles. The molecule has 0 spiro atoms. The fraction of sp³-hybridized carbons (Fsp3) is 0. The highest BCUT2D eigenvalue weighted by Crippen LogP contribution is 2.13. The van der Waals surface area contributed by atoms with Crippen LogP contribution in [-0.4, -0.2) is 5.71 Å². The largest absolute Gasteiger partial charge is 0.300 e. The van der Waals surface area contributed by atoms with Gasteiger partial charge >= 0.3 is 0 Å². The van der Waals surface area contributed by atoms with Crippen molar-refractivity contribution in [3.05, 3.63) is 35.4 Å². The van der Waals surface area contributed by atoms with Gasteiger partial charge in [-0.25, -0.2) is 0 Å². The van der Waals surface area contributed by atoms with Crippen LogP contribution in [-0.2, 0) is 0 Å². The van der Waals surface area contributed by atoms with E-state index in [2.05, 4.69) is 6.58 Å². The van der Waals surface area contributed by atoms with Crippen LogP contribution in [0.4, 0.5) is 0 Å². The van der Waals surface area contributed by atoms with Gasteiger partial charge in [-0.1, -0.05) is 18.2 Å². The van der Waals surface area contributed by atoms with Crippen LogP contribution in [0.2, 0.25) is 0 Å². The van der Waals surface area contributed by atoms with Gasteiger partial charge in [-0.3, -0.25) is 0 Å². The molecule has 1 aliphatic rings. The molecule has 1 nitrogen and oxygen atoms in total. The minimum Gasteiger partial charge on any atom is -0.300 e. The first-order valence-electron chi connectivity index (χ1n) is 2.53. The molecule has 0 atom stereocenters. The molecule has 0 radical (unpaired) electrons. The van der Waals surface area contributed by atoms with Gasteiger partial charge in [0.25, 0.3) is 0 Å². The first-order chi connectivity index (χ1) is 4.20. The number of hydrogen-bond acceptors (Lipinski definition) is 1. The first kappa shape index (κ1) is 6.30. The quantitative estimate of drug-likeness (QED) is 0.532. The average Bonchev–Trinajstić information content (AvgIpc) is 1.80. The topological polar surface area (TPSA) is 23.9 Å². The first-order valence-corrected chi connectivity index (χ1v) is 2.91. The molecule has 0 amide bonds. The molecule has 0 aliphatic heterocycles. The minimum atomic E-state index is 0.430. The lowest BCUT2D eigenvalue weighted by Gasteiger charge is -2.01. The monoisotopic (exact) mass is 139 g/mol. The maximum Gasteiger partial charge on any atom is 0.0607 e. The Morgan fingerprint density at radius 2 is 2.11 bits per heavy atom. The minimum absolute atomic E-state index is 0.430. The molecule has 0 fully saturated rings. The van der Waals surface area contributed by atoms with Crippen LogP contribution in [0.15, 0.2) is 35.4 Å². The predicted octanol–water partition coefficient (Wildman–Crippen LogP) is 2.25. The van der Waals surface area contributed by atoms with E-state index < -0.39 is 0 Å². The van der Waals surface area contributed by atoms with Crippen molar-refractivity contribution in [3.8, 4) is 0 Å². The van der Waals surface area contributed by atoms with Crippen LogP contribution in [0.1, 0.15) is 0 Å². The number of hydrogen-bond donors (Lipinski definition) is 1. The molecule has 46 valence electrons. The zero-order valence-electron chi connectivity index (χ0n) is 4.82. The SMILES string of the molecule is C=C1C=C(Cl)C=CC1=N. The molecule has 0 aromatic heterocycles. The summed E-state index contributed by atoms with van der Waals surface area (Å²) >= 11 is 5.59. The zero-order valence-corrected chi connectivity index (χ0v) is 5.57. The van der Waals surface area contributed by atoms with Crippen molar-refractivity contribution in [1.82, 2.24) is 0 Å². The molecule has 0 bridgehead atoms. The lowest BCUT2D eigenvalue weighted by molar-refractivity contribution is 1.50. The van der Waals surface area contributed by atoms with Gasteiger partial charge in [0.05, 0.1) is 5.71 Å². The molecule has 0 unspecified atom stereocenters. The van der Waals surface area contributed by atoms with Crippen LogP contribution >= 0.6 is 11.6 Å². The van der Waals surface area contributed by atoms with E-state index in [4.69, 9.17) is 17.0 Å². The van der Waals surface area contributed by atoms with E-state index in [1.807, 2.05) is 0 Å². The number of halogens is 1. The Labute approximate surface area is 58.8 Å². The van der Waals surface area contributed by atoms with Crippen LogP contribution < -0.4 is 0 Å². The second-order valence-corrected chi connectivity index (χ2v) is 2.24.